The van der Waals surface area contributed by atoms with Gasteiger partial charge in [-0.05, 0) is 47.8 Å². The largest absolute Gasteiger partial charge is 0.444 e. The van der Waals surface area contributed by atoms with E-state index in [-0.39, 0.29) is 28.8 Å². The van der Waals surface area contributed by atoms with Gasteiger partial charge in [0.05, 0.1) is 23.8 Å². The van der Waals surface area contributed by atoms with Crippen LogP contribution in [0.5, 0.6) is 0 Å². The second-order valence-corrected chi connectivity index (χ2v) is 8.10. The molecule has 2 aliphatic rings. The Bertz CT molecular complexity index is 1440. The fourth-order valence-electron chi connectivity index (χ4n) is 4.94. The number of aryl methyl sites for hydroxylation is 1. The summed E-state index contributed by atoms with van der Waals surface area (Å²) in [5.74, 6) is -1.19. The minimum Gasteiger partial charge on any atom is -0.369 e. The number of aromatic nitrogens is 3. The van der Waals surface area contributed by atoms with E-state index in [1.165, 1.54) is 18.3 Å². The average Bonchev–Trinajstić information content (AvgIpc) is 3.33. The lowest BCUT2D eigenvalue weighted by Gasteiger charge is -2.39. The Morgan fingerprint density at radius 3 is 2.84 bits per heavy atom. The van der Waals surface area contributed by atoms with Crippen molar-refractivity contribution < 1.29 is 18.6 Å². The minimum absolute atomic E-state index is 0.0185. The fourth-order valence-corrected chi connectivity index (χ4v) is 4.94. The summed E-state index contributed by atoms with van der Waals surface area (Å²) >= 11 is 0. The molecule has 0 fully saturated rings. The summed E-state index contributed by atoms with van der Waals surface area (Å²) in [6.07, 6.45) is 3.11. The molecule has 2 aromatic heterocycles. The van der Waals surface area contributed by atoms with E-state index in [1.807, 2.05) is 29.8 Å². The van der Waals surface area contributed by atoms with E-state index in [1.54, 1.807) is 18.3 Å². The molecule has 4 heterocycles. The summed E-state index contributed by atoms with van der Waals surface area (Å²) in [7, 11) is 0. The molecule has 0 aliphatic carbocycles. The van der Waals surface area contributed by atoms with Crippen LogP contribution in [0.25, 0.3) is 22.0 Å². The van der Waals surface area contributed by atoms with Gasteiger partial charge in [-0.3, -0.25) is 14.5 Å². The molecule has 1 unspecified atom stereocenters. The van der Waals surface area contributed by atoms with Gasteiger partial charge in [-0.1, -0.05) is 18.2 Å². The third kappa shape index (κ3) is 2.28. The second-order valence-electron chi connectivity index (χ2n) is 8.10. The number of carbonyl (C=O) groups is 1. The van der Waals surface area contributed by atoms with Gasteiger partial charge >= 0.3 is 6.99 Å². The summed E-state index contributed by atoms with van der Waals surface area (Å²) < 4.78 is 33.1. The Hall–Kier alpha value is -3.59. The molecule has 32 heavy (non-hydrogen) atoms. The van der Waals surface area contributed by atoms with E-state index in [0.717, 1.165) is 15.8 Å². The van der Waals surface area contributed by atoms with Gasteiger partial charge in [0.25, 0.3) is 5.91 Å². The van der Waals surface area contributed by atoms with Crippen LogP contribution in [0.3, 0.4) is 0 Å². The normalized spacial score (nSPS) is 19.3. The Labute approximate surface area is 182 Å². The third-order valence-corrected chi connectivity index (χ3v) is 6.51. The highest BCUT2D eigenvalue weighted by Gasteiger charge is 2.62. The van der Waals surface area contributed by atoms with Crippen molar-refractivity contribution >= 4 is 29.3 Å². The molecule has 9 heteroatoms. The van der Waals surface area contributed by atoms with E-state index >= 15 is 8.71 Å². The molecule has 1 atom stereocenters. The van der Waals surface area contributed by atoms with Gasteiger partial charge in [-0.2, -0.15) is 5.10 Å². The monoisotopic (exact) mass is 430 g/mol. The lowest BCUT2D eigenvalue weighted by atomic mass is 9.50. The number of amides is 1. The van der Waals surface area contributed by atoms with Crippen LogP contribution in [0.15, 0.2) is 54.9 Å². The number of fused-ring (bicyclic) bond motifs is 5. The Morgan fingerprint density at radius 1 is 1.22 bits per heavy atom. The highest BCUT2D eigenvalue weighted by molar-refractivity contribution is 6.70. The van der Waals surface area contributed by atoms with E-state index in [4.69, 9.17) is 0 Å². The van der Waals surface area contributed by atoms with E-state index < -0.39 is 24.3 Å². The molecule has 0 bridgehead atoms. The molecule has 0 spiro atoms. The second kappa shape index (κ2) is 6.46. The maximum absolute atomic E-state index is 15.9. The van der Waals surface area contributed by atoms with Gasteiger partial charge in [-0.15, -0.1) is 0 Å². The number of carbonyl (C=O) groups excluding carboxylic acids is 1. The first kappa shape index (κ1) is 19.1. The van der Waals surface area contributed by atoms with Crippen molar-refractivity contribution in [3.05, 3.63) is 77.5 Å². The van der Waals surface area contributed by atoms with Gasteiger partial charge in [0.1, 0.15) is 11.5 Å². The van der Waals surface area contributed by atoms with Crippen molar-refractivity contribution in [2.45, 2.75) is 25.6 Å². The van der Waals surface area contributed by atoms with E-state index in [0.29, 0.717) is 17.7 Å². The lowest BCUT2D eigenvalue weighted by Crippen LogP contribution is -2.62. The Kier molecular flexibility index (Phi) is 3.86. The molecule has 4 aromatic rings. The summed E-state index contributed by atoms with van der Waals surface area (Å²) in [4.78, 5) is 17.8. The number of rotatable bonds is 2. The molecule has 6 rings (SSSR count). The quantitative estimate of drug-likeness (QED) is 0.497. The first-order valence-corrected chi connectivity index (χ1v) is 10.4. The molecular weight excluding hydrogens is 413 g/mol. The topological polar surface area (TPSA) is 71.2 Å². The van der Waals surface area contributed by atoms with Crippen LogP contribution in [0.4, 0.5) is 8.71 Å². The van der Waals surface area contributed by atoms with Gasteiger partial charge < -0.3 is 14.3 Å². The zero-order valence-electron chi connectivity index (χ0n) is 17.1. The van der Waals surface area contributed by atoms with Crippen LogP contribution in [0.2, 0.25) is 0 Å². The van der Waals surface area contributed by atoms with Crippen LogP contribution in [-0.2, 0) is 18.7 Å². The van der Waals surface area contributed by atoms with Gasteiger partial charge in [0, 0.05) is 23.7 Å². The predicted octanol–water partition coefficient (Wildman–Crippen LogP) is 2.78. The lowest BCUT2D eigenvalue weighted by molar-refractivity contribution is -0.0352. The van der Waals surface area contributed by atoms with Gasteiger partial charge in [0.15, 0.2) is 5.62 Å². The number of benzene rings is 2. The first-order chi connectivity index (χ1) is 15.4. The smallest absolute Gasteiger partial charge is 0.369 e. The van der Waals surface area contributed by atoms with E-state index in [2.05, 4.69) is 10.1 Å². The summed E-state index contributed by atoms with van der Waals surface area (Å²) in [5.41, 5.74) is -0.0229. The van der Waals surface area contributed by atoms with Crippen LogP contribution >= 0.6 is 0 Å². The van der Waals surface area contributed by atoms with E-state index in [9.17, 15) is 9.90 Å². The van der Waals surface area contributed by atoms with Crippen molar-refractivity contribution in [1.29, 1.82) is 0 Å². The minimum atomic E-state index is -2.27. The molecule has 0 saturated heterocycles. The molecular formula is C23H17BF2N4O2. The highest BCUT2D eigenvalue weighted by atomic mass is 19.1. The number of nitrogens with zero attached hydrogens (tertiary/aromatic N) is 4. The van der Waals surface area contributed by atoms with Gasteiger partial charge in [0.2, 0.25) is 0 Å². The van der Waals surface area contributed by atoms with Crippen LogP contribution in [0, 0.1) is 5.82 Å². The molecule has 2 aromatic carbocycles. The Balaban J connectivity index is 1.55. The predicted molar refractivity (Wildman–Crippen MR) is 115 cm³/mol. The highest BCUT2D eigenvalue weighted by Crippen LogP contribution is 2.42. The molecule has 1 N–H and O–H groups in total. The standard InChI is InChI=1S/C23H17BF2N4O2/c1-2-30-20-7-3-5-14(16(20)11-28-30)13-9-18-17(19(25)10-13)12-29-22(31)15-6-4-8-27-21(15)23(29,32)24(18)26/h3-11,32H,2,12H2,1H3. The zero-order chi connectivity index (χ0) is 22.2. The number of pyridine rings is 1. The number of aliphatic hydroxyl groups is 1. The number of hydrogen-bond acceptors (Lipinski definition) is 4. The third-order valence-electron chi connectivity index (χ3n) is 6.51. The first-order valence-electron chi connectivity index (χ1n) is 10.4. The maximum Gasteiger partial charge on any atom is 0.444 e. The van der Waals surface area contributed by atoms with Gasteiger partial charge in [-0.25, -0.2) is 4.39 Å². The molecule has 2 aliphatic heterocycles. The summed E-state index contributed by atoms with van der Waals surface area (Å²) in [6, 6.07) is 11.6. The molecule has 0 saturated carbocycles. The number of hydrogen-bond donors (Lipinski definition) is 1. The van der Waals surface area contributed by atoms with Crippen molar-refractivity contribution in [3.8, 4) is 11.1 Å². The van der Waals surface area contributed by atoms with Crippen LogP contribution in [-0.4, -0.2) is 37.7 Å². The SMILES string of the molecule is CCn1ncc2c(-c3cc(F)c4c(c3)B(F)C3(O)c5ncccc5C(=O)N3C4)cccc21. The molecule has 6 nitrogen and oxygen atoms in total. The van der Waals surface area contributed by atoms with Crippen molar-refractivity contribution in [2.24, 2.45) is 0 Å². The zero-order valence-corrected chi connectivity index (χ0v) is 17.1. The average molecular weight is 430 g/mol. The number of halogens is 2. The maximum atomic E-state index is 15.9. The summed E-state index contributed by atoms with van der Waals surface area (Å²) in [6.45, 7) is 0.359. The van der Waals surface area contributed by atoms with Crippen molar-refractivity contribution in [1.82, 2.24) is 19.7 Å². The summed E-state index contributed by atoms with van der Waals surface area (Å²) in [5, 5.41) is 16.5. The Morgan fingerprint density at radius 2 is 2.03 bits per heavy atom. The fraction of sp³-hybridized carbons (Fsp3) is 0.174. The van der Waals surface area contributed by atoms with Crippen molar-refractivity contribution in [3.63, 3.8) is 0 Å². The van der Waals surface area contributed by atoms with Crippen molar-refractivity contribution in [2.75, 3.05) is 0 Å². The van der Waals surface area contributed by atoms with Crippen LogP contribution < -0.4 is 5.46 Å². The van der Waals surface area contributed by atoms with Crippen LogP contribution in [0.1, 0.15) is 28.5 Å². The molecule has 1 amide bonds. The molecule has 0 radical (unpaired) electrons. The molecule has 158 valence electrons.